The fourth-order valence-corrected chi connectivity index (χ4v) is 0.667. The number of nitrogens with one attached hydrogen (secondary N) is 1. The quantitative estimate of drug-likeness (QED) is 0.458. The fourth-order valence-electron chi connectivity index (χ4n) is 0.271. The summed E-state index contributed by atoms with van der Waals surface area (Å²) in [5.74, 6) is 0. The summed E-state index contributed by atoms with van der Waals surface area (Å²) in [4.78, 5) is 1.27. The second kappa shape index (κ2) is 1.67. The van der Waals surface area contributed by atoms with Crippen LogP contribution in [-0.2, 0) is 0 Å². The van der Waals surface area contributed by atoms with Crippen molar-refractivity contribution in [2.24, 2.45) is 0 Å². The molecule has 1 rings (SSSR count). The lowest BCUT2D eigenvalue weighted by molar-refractivity contribution is 1.33. The Morgan fingerprint density at radius 3 is 3.00 bits per heavy atom. The van der Waals surface area contributed by atoms with E-state index in [2.05, 4.69) is 11.3 Å². The summed E-state index contributed by atoms with van der Waals surface area (Å²) in [6.45, 7) is 4.86. The monoisotopic (exact) mass is 99.0 g/mol. The molecule has 0 atom stereocenters. The van der Waals surface area contributed by atoms with Gasteiger partial charge in [-0.2, -0.15) is 0 Å². The van der Waals surface area contributed by atoms with Gasteiger partial charge < -0.3 is 0 Å². The van der Waals surface area contributed by atoms with Gasteiger partial charge in [0.05, 0.1) is 6.54 Å². The lowest BCUT2D eigenvalue weighted by Gasteiger charge is -1.81. The van der Waals surface area contributed by atoms with Crippen LogP contribution < -0.4 is 4.72 Å². The van der Waals surface area contributed by atoms with E-state index in [-0.39, 0.29) is 0 Å². The molecule has 0 bridgehead atoms. The zero-order valence-electron chi connectivity index (χ0n) is 3.49. The minimum atomic E-state index is 1.27. The summed E-state index contributed by atoms with van der Waals surface area (Å²) in [7, 11) is 0. The van der Waals surface area contributed by atoms with Gasteiger partial charge in [0.2, 0.25) is 0 Å². The Balaban J connectivity index is 2.45. The van der Waals surface area contributed by atoms with Crippen molar-refractivity contribution in [2.75, 3.05) is 0 Å². The first kappa shape index (κ1) is 4.22. The minimum absolute atomic E-state index is 1.27. The Morgan fingerprint density at radius 1 is 2.00 bits per heavy atom. The highest BCUT2D eigenvalue weighted by Crippen LogP contribution is 2.16. The molecular weight excluding hydrogens is 94.1 g/mol. The Labute approximate surface area is 41.9 Å². The first-order valence-corrected chi connectivity index (χ1v) is 2.55. The minimum Gasteiger partial charge on any atom is -0.245 e. The molecule has 1 aliphatic rings. The molecule has 0 amide bonds. The molecule has 6 heavy (non-hydrogen) atoms. The van der Waals surface area contributed by atoms with Gasteiger partial charge in [-0.05, 0) is 29.9 Å². The van der Waals surface area contributed by atoms with E-state index in [0.29, 0.717) is 0 Å². The summed E-state index contributed by atoms with van der Waals surface area (Å²) < 4.78 is 2.85. The fraction of sp³-hybridized carbons (Fsp3) is 0.250. The Hall–Kier alpha value is 0.0500. The second-order valence-corrected chi connectivity index (χ2v) is 2.16. The number of hydrogen-bond donors (Lipinski definition) is 1. The van der Waals surface area contributed by atoms with Gasteiger partial charge in [-0.25, -0.2) is 4.72 Å². The largest absolute Gasteiger partial charge is 0.245 e. The molecule has 1 nitrogen and oxygen atoms in total. The van der Waals surface area contributed by atoms with Gasteiger partial charge in [0, 0.05) is 0 Å². The first-order chi connectivity index (χ1) is 2.89. The summed E-state index contributed by atoms with van der Waals surface area (Å²) >= 11 is 1.60. The van der Waals surface area contributed by atoms with Crippen molar-refractivity contribution in [1.82, 2.24) is 4.72 Å². The highest BCUT2D eigenvalue weighted by atomic mass is 32.2. The maximum absolute atomic E-state index is 2.85. The summed E-state index contributed by atoms with van der Waals surface area (Å²) in [6, 6.07) is 0. The van der Waals surface area contributed by atoms with Gasteiger partial charge in [-0.1, -0.05) is 0 Å². The normalized spacial score (nSPS) is 21.2. The summed E-state index contributed by atoms with van der Waals surface area (Å²) in [6.07, 6.45) is 1.92. The molecule has 0 saturated heterocycles. The van der Waals surface area contributed by atoms with Crippen LogP contribution in [0, 0.1) is 6.54 Å². The van der Waals surface area contributed by atoms with Crippen molar-refractivity contribution >= 4 is 11.9 Å². The van der Waals surface area contributed by atoms with Gasteiger partial charge in [-0.15, -0.1) is 0 Å². The van der Waals surface area contributed by atoms with Crippen LogP contribution in [0.4, 0.5) is 0 Å². The molecule has 1 heterocycles. The highest BCUT2D eigenvalue weighted by Gasteiger charge is 1.95. The van der Waals surface area contributed by atoms with Crippen LogP contribution in [0.1, 0.15) is 6.92 Å². The molecule has 0 saturated carbocycles. The third-order valence-electron chi connectivity index (χ3n) is 0.546. The summed E-state index contributed by atoms with van der Waals surface area (Å²) in [5.41, 5.74) is 0. The molecule has 0 aromatic carbocycles. The summed E-state index contributed by atoms with van der Waals surface area (Å²) in [5, 5.41) is 0. The van der Waals surface area contributed by atoms with Crippen LogP contribution in [-0.4, -0.2) is 0 Å². The van der Waals surface area contributed by atoms with E-state index in [1.54, 1.807) is 11.9 Å². The van der Waals surface area contributed by atoms with Gasteiger partial charge in [-0.3, -0.25) is 0 Å². The smallest absolute Gasteiger partial charge is 0.0972 e. The third kappa shape index (κ3) is 0.758. The average Bonchev–Trinajstić information content (AvgIpc) is 1.86. The van der Waals surface area contributed by atoms with Crippen LogP contribution in [0.15, 0.2) is 11.0 Å². The number of allylic oxidation sites excluding steroid dienone is 1. The molecule has 0 fully saturated rings. The van der Waals surface area contributed by atoms with Crippen molar-refractivity contribution in [3.05, 3.63) is 17.5 Å². The Kier molecular flexibility index (Phi) is 1.17. The van der Waals surface area contributed by atoms with Gasteiger partial charge >= 0.3 is 0 Å². The third-order valence-corrected chi connectivity index (χ3v) is 1.21. The van der Waals surface area contributed by atoms with Crippen molar-refractivity contribution in [2.45, 2.75) is 6.92 Å². The van der Waals surface area contributed by atoms with E-state index < -0.39 is 0 Å². The van der Waals surface area contributed by atoms with Crippen LogP contribution in [0.25, 0.3) is 0 Å². The molecule has 0 unspecified atom stereocenters. The lowest BCUT2D eigenvalue weighted by Crippen LogP contribution is -1.84. The molecule has 0 spiro atoms. The van der Waals surface area contributed by atoms with E-state index in [0.717, 1.165) is 0 Å². The molecule has 0 aliphatic carbocycles. The van der Waals surface area contributed by atoms with E-state index >= 15 is 0 Å². The second-order valence-electron chi connectivity index (χ2n) is 1.10. The van der Waals surface area contributed by atoms with Crippen molar-refractivity contribution in [3.63, 3.8) is 0 Å². The maximum Gasteiger partial charge on any atom is 0.0972 e. The maximum atomic E-state index is 2.85. The molecule has 0 aromatic heterocycles. The molecule has 2 heteroatoms. The van der Waals surface area contributed by atoms with E-state index in [1.807, 2.05) is 13.0 Å². The Morgan fingerprint density at radius 2 is 2.83 bits per heavy atom. The molecular formula is C4H5NS. The number of rotatable bonds is 0. The highest BCUT2D eigenvalue weighted by molar-refractivity contribution is 8.01. The van der Waals surface area contributed by atoms with E-state index in [4.69, 9.17) is 0 Å². The van der Waals surface area contributed by atoms with Crippen molar-refractivity contribution in [3.8, 4) is 0 Å². The number of hydrogen-bond acceptors (Lipinski definition) is 2. The molecule has 1 N–H and O–H groups in total. The molecule has 32 valence electrons. The lowest BCUT2D eigenvalue weighted by atomic mass is 10.5. The van der Waals surface area contributed by atoms with E-state index in [1.165, 1.54) is 4.91 Å². The van der Waals surface area contributed by atoms with Crippen LogP contribution >= 0.6 is 11.9 Å². The van der Waals surface area contributed by atoms with Crippen molar-refractivity contribution in [1.29, 1.82) is 0 Å². The SMILES string of the molecule is CC1=C[C]NS1. The van der Waals surface area contributed by atoms with E-state index in [9.17, 15) is 0 Å². The standard InChI is InChI=1S/C4H5NS/c1-4-2-3-5-6-4/h2,5H,1H3. The van der Waals surface area contributed by atoms with Crippen molar-refractivity contribution < 1.29 is 0 Å². The molecule has 0 aromatic rings. The van der Waals surface area contributed by atoms with Gasteiger partial charge in [0.15, 0.2) is 0 Å². The van der Waals surface area contributed by atoms with Gasteiger partial charge in [0.25, 0.3) is 0 Å². The average molecular weight is 99.2 g/mol. The first-order valence-electron chi connectivity index (χ1n) is 1.74. The Bertz CT molecular complexity index is 77.6. The zero-order chi connectivity index (χ0) is 4.41. The van der Waals surface area contributed by atoms with Crippen LogP contribution in [0.5, 0.6) is 0 Å². The van der Waals surface area contributed by atoms with Gasteiger partial charge in [0.1, 0.15) is 0 Å². The van der Waals surface area contributed by atoms with Crippen LogP contribution in [0.2, 0.25) is 0 Å². The van der Waals surface area contributed by atoms with Crippen LogP contribution in [0.3, 0.4) is 0 Å². The topological polar surface area (TPSA) is 12.0 Å². The molecule has 2 radical (unpaired) electrons. The molecule has 1 aliphatic heterocycles. The predicted molar refractivity (Wildman–Crippen MR) is 27.7 cm³/mol. The zero-order valence-corrected chi connectivity index (χ0v) is 4.30. The predicted octanol–water partition coefficient (Wildman–Crippen LogP) is 1.18.